The minimum Gasteiger partial charge on any atom is -0.304 e. The van der Waals surface area contributed by atoms with Crippen LogP contribution < -0.4 is 0 Å². The van der Waals surface area contributed by atoms with Crippen LogP contribution in [0.1, 0.15) is 17.8 Å². The highest BCUT2D eigenvalue weighted by molar-refractivity contribution is 7.45. The molecule has 3 heterocycles. The van der Waals surface area contributed by atoms with Gasteiger partial charge >= 0.3 is 7.82 Å². The van der Waals surface area contributed by atoms with Crippen LogP contribution >= 0.6 is 7.82 Å². The molecule has 0 aliphatic carbocycles. The van der Waals surface area contributed by atoms with Crippen LogP contribution in [0.25, 0.3) is 5.65 Å². The lowest BCUT2D eigenvalue weighted by atomic mass is 10.2. The van der Waals surface area contributed by atoms with Crippen molar-refractivity contribution in [3.63, 3.8) is 0 Å². The average Bonchev–Trinajstić information content (AvgIpc) is 2.93. The summed E-state index contributed by atoms with van der Waals surface area (Å²) in [5.41, 5.74) is 2.43. The molecule has 0 saturated carbocycles. The van der Waals surface area contributed by atoms with Gasteiger partial charge in [-0.3, -0.25) is 0 Å². The number of nitrogens with zero attached hydrogens (tertiary/aromatic N) is 3. The number of aryl methyl sites for hydroxylation is 1. The predicted octanol–water partition coefficient (Wildman–Crippen LogP) is 1.92. The summed E-state index contributed by atoms with van der Waals surface area (Å²) in [5.74, 6) is 5.80. The number of rotatable bonds is 2. The first-order chi connectivity index (χ1) is 11.8. The van der Waals surface area contributed by atoms with Gasteiger partial charge in [0, 0.05) is 31.4 Å². The number of pyridine rings is 2. The third kappa shape index (κ3) is 7.25. The quantitative estimate of drug-likeness (QED) is 0.474. The number of fused-ring (bicyclic) bond motifs is 1. The van der Waals surface area contributed by atoms with Crippen LogP contribution in [0.3, 0.4) is 0 Å². The fourth-order valence-electron chi connectivity index (χ4n) is 1.92. The van der Waals surface area contributed by atoms with Crippen LogP contribution in [0.15, 0.2) is 48.9 Å². The molecule has 3 N–H and O–H groups in total. The molecule has 0 radical (unpaired) electrons. The van der Waals surface area contributed by atoms with Gasteiger partial charge in [-0.1, -0.05) is 12.0 Å². The van der Waals surface area contributed by atoms with Crippen molar-refractivity contribution in [2.45, 2.75) is 12.8 Å². The zero-order valence-corrected chi connectivity index (χ0v) is 13.8. The summed E-state index contributed by atoms with van der Waals surface area (Å²) in [6, 6.07) is 8.72. The first kappa shape index (κ1) is 18.8. The molecule has 3 rings (SSSR count). The summed E-state index contributed by atoms with van der Waals surface area (Å²) < 4.78 is 23.6. The van der Waals surface area contributed by atoms with Gasteiger partial charge in [0.2, 0.25) is 0 Å². The Morgan fingerprint density at radius 1 is 1.16 bits per heavy atom. The Morgan fingerprint density at radius 3 is 2.60 bits per heavy atom. The lowest BCUT2D eigenvalue weighted by molar-refractivity contribution is 0.275. The SMILES string of the molecule is Fc1ccc2nc(CCC#Cc3ccccn3)cn2c1.O=P(O)(O)O. The second-order valence-corrected chi connectivity index (χ2v) is 5.90. The van der Waals surface area contributed by atoms with Crippen LogP contribution in [0, 0.1) is 17.7 Å². The smallest absolute Gasteiger partial charge is 0.304 e. The zero-order chi connectivity index (χ0) is 18.3. The Hall–Kier alpha value is -2.56. The van der Waals surface area contributed by atoms with E-state index in [2.05, 4.69) is 21.8 Å². The van der Waals surface area contributed by atoms with Gasteiger partial charge in [-0.15, -0.1) is 0 Å². The van der Waals surface area contributed by atoms with E-state index in [1.54, 1.807) is 16.7 Å². The van der Waals surface area contributed by atoms with E-state index in [1.807, 2.05) is 24.4 Å². The summed E-state index contributed by atoms with van der Waals surface area (Å²) in [4.78, 5) is 30.1. The van der Waals surface area contributed by atoms with Crippen LogP contribution in [0.4, 0.5) is 4.39 Å². The maximum Gasteiger partial charge on any atom is 0.466 e. The summed E-state index contributed by atoms with van der Waals surface area (Å²) >= 11 is 0. The highest BCUT2D eigenvalue weighted by Crippen LogP contribution is 2.25. The molecule has 0 aromatic carbocycles. The zero-order valence-electron chi connectivity index (χ0n) is 12.9. The van der Waals surface area contributed by atoms with Crippen LogP contribution in [0.5, 0.6) is 0 Å². The summed E-state index contributed by atoms with van der Waals surface area (Å²) in [6.07, 6.45) is 6.42. The van der Waals surface area contributed by atoms with Gasteiger partial charge < -0.3 is 19.1 Å². The molecule has 0 amide bonds. The van der Waals surface area contributed by atoms with Crippen molar-refractivity contribution in [1.29, 1.82) is 0 Å². The van der Waals surface area contributed by atoms with Crippen molar-refractivity contribution in [3.05, 3.63) is 66.1 Å². The molecule has 0 atom stereocenters. The molecular formula is C16H15FN3O4P. The average molecular weight is 363 g/mol. The number of hydrogen-bond acceptors (Lipinski definition) is 3. The van der Waals surface area contributed by atoms with E-state index < -0.39 is 7.82 Å². The third-order valence-electron chi connectivity index (χ3n) is 2.85. The van der Waals surface area contributed by atoms with Crippen molar-refractivity contribution < 1.29 is 23.6 Å². The second kappa shape index (κ2) is 8.51. The molecule has 7 nitrogen and oxygen atoms in total. The van der Waals surface area contributed by atoms with Gasteiger partial charge in [-0.2, -0.15) is 0 Å². The lowest BCUT2D eigenvalue weighted by Crippen LogP contribution is -1.83. The number of phosphoric acid groups is 1. The lowest BCUT2D eigenvalue weighted by Gasteiger charge is -1.90. The Bertz CT molecular complexity index is 936. The van der Waals surface area contributed by atoms with Gasteiger partial charge in [-0.25, -0.2) is 18.9 Å². The molecule has 3 aromatic heterocycles. The monoisotopic (exact) mass is 363 g/mol. The van der Waals surface area contributed by atoms with Gasteiger partial charge in [0.25, 0.3) is 0 Å². The molecule has 9 heteroatoms. The van der Waals surface area contributed by atoms with Crippen LogP contribution in [0.2, 0.25) is 0 Å². The van der Waals surface area contributed by atoms with Crippen molar-refractivity contribution in [2.75, 3.05) is 0 Å². The van der Waals surface area contributed by atoms with Crippen molar-refractivity contribution >= 4 is 13.5 Å². The molecule has 0 unspecified atom stereocenters. The molecular weight excluding hydrogens is 348 g/mol. The fraction of sp³-hybridized carbons (Fsp3) is 0.125. The minimum atomic E-state index is -4.64. The predicted molar refractivity (Wildman–Crippen MR) is 88.8 cm³/mol. The number of halogens is 1. The Balaban J connectivity index is 0.000000399. The van der Waals surface area contributed by atoms with Gasteiger partial charge in [0.1, 0.15) is 17.2 Å². The van der Waals surface area contributed by atoms with E-state index >= 15 is 0 Å². The molecule has 0 spiro atoms. The van der Waals surface area contributed by atoms with E-state index in [9.17, 15) is 4.39 Å². The molecule has 0 aliphatic heterocycles. The molecule has 0 bridgehead atoms. The normalized spacial score (nSPS) is 10.6. The topological polar surface area (TPSA) is 108 Å². The van der Waals surface area contributed by atoms with E-state index in [0.29, 0.717) is 6.42 Å². The van der Waals surface area contributed by atoms with Crippen LogP contribution in [-0.2, 0) is 11.0 Å². The Morgan fingerprint density at radius 2 is 1.92 bits per heavy atom. The molecule has 0 aliphatic rings. The highest BCUT2D eigenvalue weighted by atomic mass is 31.2. The standard InChI is InChI=1S/C16H12FN3.H3O4P/c17-13-8-9-16-19-15(12-20(16)11-13)7-2-1-5-14-6-3-4-10-18-14;1-5(2,3)4/h3-4,6,8-12H,2,7H2;(H3,1,2,3,4). The second-order valence-electron chi connectivity index (χ2n) is 4.88. The van der Waals surface area contributed by atoms with Crippen molar-refractivity contribution in [3.8, 4) is 11.8 Å². The van der Waals surface area contributed by atoms with Gasteiger partial charge in [-0.05, 0) is 30.2 Å². The van der Waals surface area contributed by atoms with E-state index in [4.69, 9.17) is 19.2 Å². The first-order valence-corrected chi connectivity index (χ1v) is 8.69. The maximum atomic E-state index is 13.1. The number of aromatic nitrogens is 3. The molecule has 0 saturated heterocycles. The summed E-state index contributed by atoms with van der Waals surface area (Å²) in [7, 11) is -4.64. The summed E-state index contributed by atoms with van der Waals surface area (Å²) in [5, 5.41) is 0. The van der Waals surface area contributed by atoms with E-state index in [-0.39, 0.29) is 5.82 Å². The molecule has 25 heavy (non-hydrogen) atoms. The van der Waals surface area contributed by atoms with Crippen molar-refractivity contribution in [2.24, 2.45) is 0 Å². The van der Waals surface area contributed by atoms with E-state index in [0.717, 1.165) is 23.5 Å². The van der Waals surface area contributed by atoms with Crippen molar-refractivity contribution in [1.82, 2.24) is 14.4 Å². The number of hydrogen-bond donors (Lipinski definition) is 3. The minimum absolute atomic E-state index is 0.267. The highest BCUT2D eigenvalue weighted by Gasteiger charge is 2.01. The largest absolute Gasteiger partial charge is 0.466 e. The van der Waals surface area contributed by atoms with Gasteiger partial charge in [0.15, 0.2) is 0 Å². The van der Waals surface area contributed by atoms with Crippen LogP contribution in [-0.4, -0.2) is 29.0 Å². The van der Waals surface area contributed by atoms with E-state index in [1.165, 1.54) is 12.3 Å². The Labute approximate surface area is 143 Å². The molecule has 130 valence electrons. The van der Waals surface area contributed by atoms with Gasteiger partial charge in [0.05, 0.1) is 5.69 Å². The maximum absolute atomic E-state index is 13.1. The molecule has 0 fully saturated rings. The molecule has 3 aromatic rings. The third-order valence-corrected chi connectivity index (χ3v) is 2.85. The first-order valence-electron chi connectivity index (χ1n) is 7.12. The fourth-order valence-corrected chi connectivity index (χ4v) is 1.92. The summed E-state index contributed by atoms with van der Waals surface area (Å²) in [6.45, 7) is 0. The Kier molecular flexibility index (Phi) is 6.39. The number of imidazole rings is 1.